The fourth-order valence-corrected chi connectivity index (χ4v) is 13.8. The van der Waals surface area contributed by atoms with Gasteiger partial charge in [-0.3, -0.25) is 47.7 Å². The highest BCUT2D eigenvalue weighted by Gasteiger charge is 2.58. The molecule has 50 heteroatoms. The third kappa shape index (κ3) is 32.5. The summed E-state index contributed by atoms with van der Waals surface area (Å²) in [5.41, 5.74) is 0.709. The minimum atomic E-state index is -5.53. The molecule has 4 saturated heterocycles. The van der Waals surface area contributed by atoms with Crippen LogP contribution in [0.4, 0.5) is 0 Å². The summed E-state index contributed by atoms with van der Waals surface area (Å²) in [6.07, 6.45) is -44.0. The van der Waals surface area contributed by atoms with Gasteiger partial charge in [0.2, 0.25) is 29.5 Å². The Morgan fingerprint density at radius 3 is 1.71 bits per heavy atom. The second kappa shape index (κ2) is 52.1. The average molecular weight is 1820 g/mol. The Morgan fingerprint density at radius 2 is 1.16 bits per heavy atom. The van der Waals surface area contributed by atoms with Crippen molar-refractivity contribution >= 4 is 67.2 Å². The lowest BCUT2D eigenvalue weighted by molar-refractivity contribution is -0.349. The summed E-state index contributed by atoms with van der Waals surface area (Å²) in [6, 6.07) is 3.18. The van der Waals surface area contributed by atoms with Crippen LogP contribution in [0, 0.1) is 0 Å². The number of carboxylic acid groups (broad SMARTS) is 1. The van der Waals surface area contributed by atoms with Crippen LogP contribution >= 0.6 is 7.82 Å². The van der Waals surface area contributed by atoms with Gasteiger partial charge in [0, 0.05) is 51.5 Å². The molecule has 0 spiro atoms. The topological polar surface area (TPSA) is 721 Å². The molecular formula is C75H119N8O41P. The van der Waals surface area contributed by atoms with Gasteiger partial charge in [-0.1, -0.05) is 77.1 Å². The van der Waals surface area contributed by atoms with Gasteiger partial charge in [-0.2, -0.15) is 0 Å². The van der Waals surface area contributed by atoms with Crippen LogP contribution in [0.5, 0.6) is 0 Å². The van der Waals surface area contributed by atoms with Crippen LogP contribution in [-0.4, -0.2) is 375 Å². The van der Waals surface area contributed by atoms with Crippen LogP contribution < -0.4 is 26.6 Å². The fourth-order valence-electron chi connectivity index (χ4n) is 13.2. The van der Waals surface area contributed by atoms with Gasteiger partial charge in [-0.15, -0.1) is 5.10 Å². The maximum Gasteiger partial charge on any atom is 0.470 e. The SMILES string of the molecule is CCC(=O)OC1C(NC(=O)C[C@@H](CC)OC(=O)CC)[C@H](OCC2O[C@@H](OCCNC(=O)CCC(=O)NCc3cn(CCO[C@@H]4OC(CO)[C@@H](O[C@H](OC(CO)[C@@H](C)O)[C@@H](O)CO[C@]5(C(=O)O)C[C@@H](O)[C@@H](NC(=O)Cc6ccccc6)C([C@H](O)[C@H](O)CO)O5)C(O)[C@@H]4O)nn3)[C@@H](NC(=O)C[C@@H](CC)OC(=O)CC)C(OC(=O)CC)[C@@H]2O)OC(CO)[C@H]1OP(=O)(O)O. The van der Waals surface area contributed by atoms with Gasteiger partial charge in [0.15, 0.2) is 37.4 Å². The van der Waals surface area contributed by atoms with E-state index in [1.807, 2.05) is 0 Å². The van der Waals surface area contributed by atoms with Crippen molar-refractivity contribution in [1.82, 2.24) is 41.6 Å². The van der Waals surface area contributed by atoms with Crippen molar-refractivity contribution in [3.8, 4) is 0 Å². The molecule has 2 aromatic rings. The number of phosphoric ester groups is 1. The Morgan fingerprint density at radius 1 is 0.616 bits per heavy atom. The van der Waals surface area contributed by atoms with E-state index < -0.39 is 311 Å². The molecule has 0 radical (unpaired) electrons. The van der Waals surface area contributed by atoms with E-state index in [-0.39, 0.29) is 76.9 Å². The number of nitrogens with one attached hydrogen (secondary N) is 5. The van der Waals surface area contributed by atoms with Crippen molar-refractivity contribution in [2.45, 2.75) is 304 Å². The predicted molar refractivity (Wildman–Crippen MR) is 413 cm³/mol. The number of carboxylic acids is 1. The highest BCUT2D eigenvalue weighted by molar-refractivity contribution is 7.46. The maximum atomic E-state index is 13.9. The summed E-state index contributed by atoms with van der Waals surface area (Å²) >= 11 is 0. The molecule has 4 aliphatic heterocycles. The standard InChI is InChI=1S/C75H119N8O41P/c1-8-40(114-54(97)10-3)26-52(95)79-59-67(120-56(99)12-5)62(102)48(36-112-72-60(80-53(96)27-41(9-2)115-55(98)11-4)69(121-57(100)13-6)66(47(34-87)117-72)124-125(107,108)109)119-71(59)110-23-21-76-49(92)19-20-50(93)77-29-39-30-83(82-81-39)22-24-111-73-64(104)63(103)65(46(33-86)118-73)122-70(116-45(32-85)37(7)88)44(91)35-113-75(74(105)106)28-42(89)58(68(123-75)61(101)43(90)31-84)78-51(94)25-38-17-15-14-16-18-38/h14-18,30,37,40-48,58-73,84-91,101-104H,8-13,19-29,31-36H2,1-7H3,(H,76,92)(H,77,93)(H,78,94)(H,79,95)(H,80,96)(H,105,106)(H2,107,108,109)/t37-,40-,41-,42-,43-,44+,45?,46?,47?,48?,58-,59+,60?,61-,62-,63?,64+,65-,66-,67?,68?,69?,70+,71-,72-,73-,75-/m1/s1. The minimum Gasteiger partial charge on any atom is -0.477 e. The van der Waals surface area contributed by atoms with Crippen LogP contribution in [-0.2, 0) is 143 Å². The highest BCUT2D eigenvalue weighted by Crippen LogP contribution is 2.43. The van der Waals surface area contributed by atoms with Gasteiger partial charge in [-0.25, -0.2) is 14.0 Å². The van der Waals surface area contributed by atoms with Crippen molar-refractivity contribution in [2.75, 3.05) is 59.4 Å². The number of ether oxygens (including phenoxy) is 14. The van der Waals surface area contributed by atoms with E-state index in [1.165, 1.54) is 38.6 Å². The molecule has 0 saturated carbocycles. The zero-order chi connectivity index (χ0) is 92.6. The highest BCUT2D eigenvalue weighted by atomic mass is 31.2. The normalized spacial score (nSPS) is 28.3. The molecule has 49 nitrogen and oxygen atoms in total. The van der Waals surface area contributed by atoms with E-state index in [2.05, 4.69) is 36.9 Å². The Balaban J connectivity index is 1.06. The molecule has 0 aliphatic carbocycles. The molecule has 1 aromatic carbocycles. The Labute approximate surface area is 716 Å². The van der Waals surface area contributed by atoms with E-state index in [0.29, 0.717) is 5.56 Å². The molecule has 5 heterocycles. The number of aliphatic hydroxyl groups is 12. The Bertz CT molecular complexity index is 3760. The summed E-state index contributed by atoms with van der Waals surface area (Å²) in [5.74, 6) is -12.0. The number of hydrogen-bond acceptors (Lipinski definition) is 40. The molecule has 27 atom stereocenters. The lowest BCUT2D eigenvalue weighted by atomic mass is 9.88. The summed E-state index contributed by atoms with van der Waals surface area (Å²) in [6.45, 7) is 2.53. The quantitative estimate of drug-likeness (QED) is 0.00962. The first kappa shape index (κ1) is 106. The number of nitrogens with zero attached hydrogens (tertiary/aromatic N) is 3. The molecule has 125 heavy (non-hydrogen) atoms. The number of aliphatic hydroxyl groups excluding tert-OH is 12. The second-order valence-corrected chi connectivity index (χ2v) is 30.7. The third-order valence-electron chi connectivity index (χ3n) is 20.1. The first-order valence-electron chi connectivity index (χ1n) is 40.7. The van der Waals surface area contributed by atoms with Crippen LogP contribution in [0.2, 0.25) is 0 Å². The average Bonchev–Trinajstić information content (AvgIpc) is 0.953. The van der Waals surface area contributed by atoms with E-state index >= 15 is 0 Å². The number of aromatic nitrogens is 3. The summed E-state index contributed by atoms with van der Waals surface area (Å²) in [5, 5.41) is 162. The van der Waals surface area contributed by atoms with Gasteiger partial charge >= 0.3 is 37.7 Å². The number of rotatable bonds is 53. The van der Waals surface area contributed by atoms with E-state index in [0.717, 1.165) is 6.92 Å². The smallest absolute Gasteiger partial charge is 0.470 e. The maximum absolute atomic E-state index is 13.9. The summed E-state index contributed by atoms with van der Waals surface area (Å²) in [7, 11) is -5.53. The number of phosphoric acid groups is 1. The molecular weight excluding hydrogens is 1700 g/mol. The molecule has 9 unspecified atom stereocenters. The lowest BCUT2D eigenvalue weighted by Crippen LogP contribution is -2.68. The van der Waals surface area contributed by atoms with Gasteiger partial charge in [0.05, 0.1) is 110 Å². The number of carbonyl (C=O) groups excluding carboxylic acids is 9. The second-order valence-electron chi connectivity index (χ2n) is 29.5. The number of benzene rings is 1. The molecule has 4 fully saturated rings. The van der Waals surface area contributed by atoms with Crippen LogP contribution in [0.25, 0.3) is 0 Å². The zero-order valence-electron chi connectivity index (χ0n) is 69.9. The van der Waals surface area contributed by atoms with Gasteiger partial charge < -0.3 is 169 Å². The first-order valence-corrected chi connectivity index (χ1v) is 42.3. The van der Waals surface area contributed by atoms with Crippen molar-refractivity contribution < 1.29 is 200 Å². The number of esters is 4. The molecule has 20 N–H and O–H groups in total. The minimum absolute atomic E-state index is 0.0303. The van der Waals surface area contributed by atoms with E-state index in [1.54, 1.807) is 44.2 Å². The molecule has 1 aromatic heterocycles. The van der Waals surface area contributed by atoms with E-state index in [9.17, 15) is 129 Å². The molecule has 5 amide bonds. The van der Waals surface area contributed by atoms with Gasteiger partial charge in [0.1, 0.15) is 109 Å². The monoisotopic (exact) mass is 1820 g/mol. The van der Waals surface area contributed by atoms with Crippen molar-refractivity contribution in [2.24, 2.45) is 0 Å². The molecule has 4 aliphatic rings. The number of aliphatic carboxylic acids is 1. The number of carbonyl (C=O) groups is 10. The van der Waals surface area contributed by atoms with Crippen LogP contribution in [0.15, 0.2) is 36.5 Å². The Hall–Kier alpha value is -7.71. The molecule has 6 rings (SSSR count). The van der Waals surface area contributed by atoms with Gasteiger partial charge in [0.25, 0.3) is 5.79 Å². The van der Waals surface area contributed by atoms with Crippen molar-refractivity contribution in [3.05, 3.63) is 47.8 Å². The lowest BCUT2D eigenvalue weighted by Gasteiger charge is -2.47. The molecule has 0 bridgehead atoms. The van der Waals surface area contributed by atoms with Crippen molar-refractivity contribution in [1.29, 1.82) is 0 Å². The largest absolute Gasteiger partial charge is 0.477 e. The number of amides is 5. The summed E-state index contributed by atoms with van der Waals surface area (Å²) in [4.78, 5) is 151. The molecule has 710 valence electrons. The fraction of sp³-hybridized carbons (Fsp3) is 0.760. The van der Waals surface area contributed by atoms with Crippen LogP contribution in [0.1, 0.15) is 130 Å². The third-order valence-corrected chi connectivity index (χ3v) is 20.6. The zero-order valence-corrected chi connectivity index (χ0v) is 70.7. The summed E-state index contributed by atoms with van der Waals surface area (Å²) < 4.78 is 99.4. The predicted octanol–water partition coefficient (Wildman–Crippen LogP) is -7.36. The van der Waals surface area contributed by atoms with E-state index in [4.69, 9.17) is 70.8 Å². The number of hydrogen-bond donors (Lipinski definition) is 20. The van der Waals surface area contributed by atoms with Crippen molar-refractivity contribution in [3.63, 3.8) is 0 Å². The van der Waals surface area contributed by atoms with Crippen LogP contribution in [0.3, 0.4) is 0 Å². The first-order chi connectivity index (χ1) is 59.3. The van der Waals surface area contributed by atoms with Gasteiger partial charge in [-0.05, 0) is 25.3 Å². The Kier molecular flexibility index (Phi) is 44.2.